The molecule has 0 saturated heterocycles. The minimum Gasteiger partial charge on any atom is -0.454 e. The van der Waals surface area contributed by atoms with Gasteiger partial charge in [0.2, 0.25) is 5.78 Å². The van der Waals surface area contributed by atoms with Crippen molar-refractivity contribution in [3.8, 4) is 0 Å². The fourth-order valence-electron chi connectivity index (χ4n) is 3.51. The van der Waals surface area contributed by atoms with Gasteiger partial charge in [-0.2, -0.15) is 0 Å². The van der Waals surface area contributed by atoms with E-state index in [1.807, 2.05) is 55.7 Å². The molecule has 1 atom stereocenters. The van der Waals surface area contributed by atoms with Crippen LogP contribution in [0, 0.1) is 25.5 Å². The van der Waals surface area contributed by atoms with E-state index in [0.717, 1.165) is 35.2 Å². The molecule has 0 aliphatic carbocycles. The Morgan fingerprint density at radius 3 is 2.24 bits per heavy atom. The Kier molecular flexibility index (Phi) is 5.92. The summed E-state index contributed by atoms with van der Waals surface area (Å²) in [7, 11) is 0. The van der Waals surface area contributed by atoms with Crippen LogP contribution in [-0.2, 0) is 4.74 Å². The Morgan fingerprint density at radius 1 is 1.00 bits per heavy atom. The molecular formula is C23H21F2NO3. The van der Waals surface area contributed by atoms with Crippen molar-refractivity contribution in [3.05, 3.63) is 94.3 Å². The highest BCUT2D eigenvalue weighted by Crippen LogP contribution is 2.26. The molecule has 2 aromatic carbocycles. The van der Waals surface area contributed by atoms with Crippen LogP contribution in [0.25, 0.3) is 0 Å². The molecule has 0 saturated carbocycles. The highest BCUT2D eigenvalue weighted by Gasteiger charge is 2.23. The average molecular weight is 397 g/mol. The molecule has 4 nitrogen and oxygen atoms in total. The zero-order valence-corrected chi connectivity index (χ0v) is 16.4. The predicted octanol–water partition coefficient (Wildman–Crippen LogP) is 5.03. The first kappa shape index (κ1) is 20.5. The molecule has 0 aliphatic heterocycles. The maximum atomic E-state index is 13.7. The first-order valence-electron chi connectivity index (χ1n) is 9.19. The topological polar surface area (TPSA) is 48.3 Å². The number of nitrogens with zero attached hydrogens (tertiary/aromatic N) is 1. The van der Waals surface area contributed by atoms with Gasteiger partial charge < -0.3 is 9.30 Å². The molecule has 150 valence electrons. The van der Waals surface area contributed by atoms with Crippen molar-refractivity contribution in [2.24, 2.45) is 0 Å². The molecule has 3 rings (SSSR count). The minimum atomic E-state index is -1.21. The normalized spacial score (nSPS) is 11.9. The summed E-state index contributed by atoms with van der Waals surface area (Å²) in [6, 6.07) is 14.7. The quantitative estimate of drug-likeness (QED) is 0.433. The van der Waals surface area contributed by atoms with E-state index in [4.69, 9.17) is 4.74 Å². The summed E-state index contributed by atoms with van der Waals surface area (Å²) in [4.78, 5) is 24.6. The second-order valence-corrected chi connectivity index (χ2v) is 6.84. The maximum Gasteiger partial charge on any atom is 0.344 e. The lowest BCUT2D eigenvalue weighted by Gasteiger charge is -2.19. The van der Waals surface area contributed by atoms with E-state index >= 15 is 0 Å². The van der Waals surface area contributed by atoms with Crippen LogP contribution in [-0.4, -0.2) is 22.9 Å². The number of hydrogen-bond acceptors (Lipinski definition) is 3. The predicted molar refractivity (Wildman–Crippen MR) is 105 cm³/mol. The maximum absolute atomic E-state index is 13.7. The molecule has 0 fully saturated rings. The number of benzene rings is 2. The van der Waals surface area contributed by atoms with Crippen LogP contribution >= 0.6 is 0 Å². The van der Waals surface area contributed by atoms with Crippen LogP contribution in [0.15, 0.2) is 54.6 Å². The van der Waals surface area contributed by atoms with Crippen molar-refractivity contribution in [3.63, 3.8) is 0 Å². The number of ketones is 1. The van der Waals surface area contributed by atoms with E-state index in [-0.39, 0.29) is 6.04 Å². The monoisotopic (exact) mass is 397 g/mol. The van der Waals surface area contributed by atoms with Crippen molar-refractivity contribution < 1.29 is 23.1 Å². The van der Waals surface area contributed by atoms with Crippen LogP contribution in [0.2, 0.25) is 0 Å². The number of rotatable bonds is 6. The van der Waals surface area contributed by atoms with Crippen LogP contribution in [0.4, 0.5) is 8.78 Å². The van der Waals surface area contributed by atoms with E-state index in [2.05, 4.69) is 0 Å². The Hall–Kier alpha value is -3.28. The van der Waals surface area contributed by atoms with Gasteiger partial charge in [0.05, 0.1) is 6.04 Å². The molecule has 0 unspecified atom stereocenters. The summed E-state index contributed by atoms with van der Waals surface area (Å²) in [5.41, 5.74) is 2.32. The molecule has 0 amide bonds. The van der Waals surface area contributed by atoms with Gasteiger partial charge in [0.15, 0.2) is 6.61 Å². The average Bonchev–Trinajstić information content (AvgIpc) is 3.00. The van der Waals surface area contributed by atoms with Gasteiger partial charge in [-0.3, -0.25) is 4.79 Å². The largest absolute Gasteiger partial charge is 0.454 e. The first-order valence-corrected chi connectivity index (χ1v) is 9.19. The number of carbonyl (C=O) groups excluding carboxylic acids is 2. The summed E-state index contributed by atoms with van der Waals surface area (Å²) < 4.78 is 34.3. The van der Waals surface area contributed by atoms with Crippen LogP contribution in [0.1, 0.15) is 50.6 Å². The summed E-state index contributed by atoms with van der Waals surface area (Å²) in [5, 5.41) is 0. The van der Waals surface area contributed by atoms with Gasteiger partial charge in [-0.25, -0.2) is 13.6 Å². The third-order valence-electron chi connectivity index (χ3n) is 4.96. The number of aryl methyl sites for hydroxylation is 1. The number of Topliss-reactive ketones (excluding diaryl/α,β-unsaturated/α-hetero) is 1. The van der Waals surface area contributed by atoms with E-state index in [9.17, 15) is 18.4 Å². The van der Waals surface area contributed by atoms with Crippen molar-refractivity contribution in [1.29, 1.82) is 0 Å². The van der Waals surface area contributed by atoms with E-state index in [1.54, 1.807) is 6.07 Å². The third-order valence-corrected chi connectivity index (χ3v) is 4.96. The Balaban J connectivity index is 1.78. The number of hydrogen-bond donors (Lipinski definition) is 0. The second-order valence-electron chi connectivity index (χ2n) is 6.84. The fraction of sp³-hybridized carbons (Fsp3) is 0.217. The Bertz CT molecular complexity index is 1040. The Labute approximate surface area is 167 Å². The van der Waals surface area contributed by atoms with Crippen LogP contribution in [0.5, 0.6) is 0 Å². The molecule has 29 heavy (non-hydrogen) atoms. The van der Waals surface area contributed by atoms with Gasteiger partial charge in [0.1, 0.15) is 17.2 Å². The third kappa shape index (κ3) is 4.11. The molecule has 3 aromatic rings. The van der Waals surface area contributed by atoms with Crippen LogP contribution in [0.3, 0.4) is 0 Å². The van der Waals surface area contributed by atoms with Crippen molar-refractivity contribution >= 4 is 11.8 Å². The molecule has 1 aromatic heterocycles. The second kappa shape index (κ2) is 8.39. The Morgan fingerprint density at radius 2 is 1.62 bits per heavy atom. The van der Waals surface area contributed by atoms with Gasteiger partial charge >= 0.3 is 5.97 Å². The lowest BCUT2D eigenvalue weighted by atomic mass is 10.1. The molecule has 0 spiro atoms. The van der Waals surface area contributed by atoms with Gasteiger partial charge in [0.25, 0.3) is 0 Å². The standard InChI is InChI=1S/C23H21F2NO3/c1-14-12-18(16(3)26(14)15(2)17-8-5-4-6-9-17)21(27)13-29-23(28)22-19(24)10-7-11-20(22)25/h4-12,15H,13H2,1-3H3/t15-/m0/s1. The molecule has 0 radical (unpaired) electrons. The first-order chi connectivity index (χ1) is 13.8. The molecule has 6 heteroatoms. The number of esters is 1. The summed E-state index contributed by atoms with van der Waals surface area (Å²) in [5.74, 6) is -3.70. The lowest BCUT2D eigenvalue weighted by molar-refractivity contribution is 0.0465. The number of ether oxygens (including phenoxy) is 1. The SMILES string of the molecule is Cc1cc(C(=O)COC(=O)c2c(F)cccc2F)c(C)n1[C@@H](C)c1ccccc1. The van der Waals surface area contributed by atoms with Gasteiger partial charge in [-0.15, -0.1) is 0 Å². The number of aromatic nitrogens is 1. The van der Waals surface area contributed by atoms with E-state index in [1.165, 1.54) is 0 Å². The zero-order chi connectivity index (χ0) is 21.1. The fourth-order valence-corrected chi connectivity index (χ4v) is 3.51. The summed E-state index contributed by atoms with van der Waals surface area (Å²) in [6.45, 7) is 5.14. The van der Waals surface area contributed by atoms with Crippen molar-refractivity contribution in [1.82, 2.24) is 4.57 Å². The molecule has 1 heterocycles. The highest BCUT2D eigenvalue weighted by atomic mass is 19.1. The summed E-state index contributed by atoms with van der Waals surface area (Å²) in [6.07, 6.45) is 0. The van der Waals surface area contributed by atoms with Crippen molar-refractivity contribution in [2.75, 3.05) is 6.61 Å². The number of halogens is 2. The molecular weight excluding hydrogens is 376 g/mol. The smallest absolute Gasteiger partial charge is 0.344 e. The molecule has 0 N–H and O–H groups in total. The number of carbonyl (C=O) groups is 2. The van der Waals surface area contributed by atoms with Crippen LogP contribution < -0.4 is 0 Å². The molecule has 0 bridgehead atoms. The van der Waals surface area contributed by atoms with Gasteiger partial charge in [0, 0.05) is 17.0 Å². The van der Waals surface area contributed by atoms with Gasteiger partial charge in [-0.05, 0) is 44.5 Å². The molecule has 0 aliphatic rings. The van der Waals surface area contributed by atoms with Crippen molar-refractivity contribution in [2.45, 2.75) is 26.8 Å². The lowest BCUT2D eigenvalue weighted by Crippen LogP contribution is -2.17. The summed E-state index contributed by atoms with van der Waals surface area (Å²) >= 11 is 0. The van der Waals surface area contributed by atoms with E-state index < -0.39 is 35.6 Å². The zero-order valence-electron chi connectivity index (χ0n) is 16.4. The van der Waals surface area contributed by atoms with Gasteiger partial charge in [-0.1, -0.05) is 36.4 Å². The minimum absolute atomic E-state index is 0.00723. The highest BCUT2D eigenvalue weighted by molar-refractivity contribution is 6.00. The van der Waals surface area contributed by atoms with E-state index in [0.29, 0.717) is 5.56 Å².